The van der Waals surface area contributed by atoms with E-state index in [2.05, 4.69) is 14.9 Å². The second-order valence-electron chi connectivity index (χ2n) is 7.09. The number of methoxy groups -OCH3 is 1. The molecule has 3 aromatic rings. The summed E-state index contributed by atoms with van der Waals surface area (Å²) in [4.78, 5) is 23.9. The number of aromatic nitrogens is 2. The summed E-state index contributed by atoms with van der Waals surface area (Å²) in [5, 5.41) is 2.72. The van der Waals surface area contributed by atoms with Crippen LogP contribution in [0.2, 0.25) is 0 Å². The standard InChI is InChI=1S/C23H25N3O4S/c1-3-29-19-9-8-16(13-20(19)28-2)22-25-17(15-31-22)14-30-23(27)18-7-6-10-24-21(18)26-11-4-5-12-26/h6-10,13,15H,3-5,11-12,14H2,1-2H3. The first-order chi connectivity index (χ1) is 15.2. The molecule has 162 valence electrons. The summed E-state index contributed by atoms with van der Waals surface area (Å²) < 4.78 is 16.5. The minimum absolute atomic E-state index is 0.109. The molecule has 0 radical (unpaired) electrons. The van der Waals surface area contributed by atoms with Gasteiger partial charge in [0.15, 0.2) is 11.5 Å². The van der Waals surface area contributed by atoms with Crippen LogP contribution in [0.15, 0.2) is 41.9 Å². The summed E-state index contributed by atoms with van der Waals surface area (Å²) in [6.45, 7) is 4.44. The predicted octanol–water partition coefficient (Wildman–Crippen LogP) is 4.57. The van der Waals surface area contributed by atoms with E-state index in [0.29, 0.717) is 35.2 Å². The van der Waals surface area contributed by atoms with Gasteiger partial charge < -0.3 is 19.1 Å². The van der Waals surface area contributed by atoms with E-state index in [-0.39, 0.29) is 12.6 Å². The molecule has 1 aliphatic heterocycles. The molecule has 7 nitrogen and oxygen atoms in total. The Labute approximate surface area is 185 Å². The van der Waals surface area contributed by atoms with Crippen molar-refractivity contribution in [3.63, 3.8) is 0 Å². The molecule has 8 heteroatoms. The van der Waals surface area contributed by atoms with Crippen molar-refractivity contribution in [2.24, 2.45) is 0 Å². The molecule has 1 aliphatic rings. The zero-order valence-corrected chi connectivity index (χ0v) is 18.5. The highest BCUT2D eigenvalue weighted by atomic mass is 32.1. The van der Waals surface area contributed by atoms with Crippen molar-refractivity contribution < 1.29 is 19.0 Å². The third-order valence-corrected chi connectivity index (χ3v) is 5.97. The van der Waals surface area contributed by atoms with Gasteiger partial charge in [-0.05, 0) is 50.1 Å². The lowest BCUT2D eigenvalue weighted by atomic mass is 10.2. The third kappa shape index (κ3) is 4.80. The number of rotatable bonds is 8. The lowest BCUT2D eigenvalue weighted by molar-refractivity contribution is 0.0469. The lowest BCUT2D eigenvalue weighted by Gasteiger charge is -2.18. The Morgan fingerprint density at radius 1 is 1.19 bits per heavy atom. The number of esters is 1. The summed E-state index contributed by atoms with van der Waals surface area (Å²) in [5.74, 6) is 1.68. The van der Waals surface area contributed by atoms with Crippen LogP contribution in [0, 0.1) is 0 Å². The second kappa shape index (κ2) is 9.78. The number of hydrogen-bond acceptors (Lipinski definition) is 8. The summed E-state index contributed by atoms with van der Waals surface area (Å²) in [6.07, 6.45) is 3.94. The van der Waals surface area contributed by atoms with Gasteiger partial charge in [0, 0.05) is 30.2 Å². The zero-order valence-electron chi connectivity index (χ0n) is 17.7. The minimum Gasteiger partial charge on any atom is -0.493 e. The Bertz CT molecular complexity index is 1050. The Balaban J connectivity index is 1.44. The highest BCUT2D eigenvalue weighted by molar-refractivity contribution is 7.13. The van der Waals surface area contributed by atoms with Crippen LogP contribution >= 0.6 is 11.3 Å². The van der Waals surface area contributed by atoms with Gasteiger partial charge in [0.25, 0.3) is 0 Å². The summed E-state index contributed by atoms with van der Waals surface area (Å²) in [6, 6.07) is 9.25. The van der Waals surface area contributed by atoms with E-state index < -0.39 is 0 Å². The quantitative estimate of drug-likeness (QED) is 0.476. The number of ether oxygens (including phenoxy) is 3. The normalized spacial score (nSPS) is 13.3. The zero-order chi connectivity index (χ0) is 21.6. The number of carbonyl (C=O) groups excluding carboxylic acids is 1. The monoisotopic (exact) mass is 439 g/mol. The molecule has 0 atom stereocenters. The van der Waals surface area contributed by atoms with E-state index in [1.807, 2.05) is 30.5 Å². The summed E-state index contributed by atoms with van der Waals surface area (Å²) in [5.41, 5.74) is 2.12. The van der Waals surface area contributed by atoms with Crippen molar-refractivity contribution in [3.05, 3.63) is 53.2 Å². The maximum atomic E-state index is 12.7. The Morgan fingerprint density at radius 3 is 2.81 bits per heavy atom. The van der Waals surface area contributed by atoms with E-state index in [9.17, 15) is 4.79 Å². The maximum absolute atomic E-state index is 12.7. The highest BCUT2D eigenvalue weighted by Gasteiger charge is 2.21. The van der Waals surface area contributed by atoms with E-state index in [4.69, 9.17) is 14.2 Å². The van der Waals surface area contributed by atoms with Crippen LogP contribution < -0.4 is 14.4 Å². The fourth-order valence-corrected chi connectivity index (χ4v) is 4.34. The molecule has 31 heavy (non-hydrogen) atoms. The fraction of sp³-hybridized carbons (Fsp3) is 0.348. The molecule has 0 N–H and O–H groups in total. The summed E-state index contributed by atoms with van der Waals surface area (Å²) >= 11 is 1.49. The van der Waals surface area contributed by atoms with Crippen LogP contribution in [-0.2, 0) is 11.3 Å². The van der Waals surface area contributed by atoms with Gasteiger partial charge in [-0.25, -0.2) is 14.8 Å². The number of anilines is 1. The number of benzene rings is 1. The van der Waals surface area contributed by atoms with E-state index in [1.54, 1.807) is 25.4 Å². The van der Waals surface area contributed by atoms with Crippen molar-refractivity contribution in [1.82, 2.24) is 9.97 Å². The van der Waals surface area contributed by atoms with Crippen LogP contribution in [0.5, 0.6) is 11.5 Å². The molecule has 0 aliphatic carbocycles. The molecule has 0 amide bonds. The predicted molar refractivity (Wildman–Crippen MR) is 120 cm³/mol. The number of carbonyl (C=O) groups is 1. The Morgan fingerprint density at radius 2 is 2.03 bits per heavy atom. The molecule has 0 spiro atoms. The molecule has 0 unspecified atom stereocenters. The van der Waals surface area contributed by atoms with Gasteiger partial charge >= 0.3 is 5.97 Å². The molecule has 0 bridgehead atoms. The SMILES string of the molecule is CCOc1ccc(-c2nc(COC(=O)c3cccnc3N3CCCC3)cs2)cc1OC. The van der Waals surface area contributed by atoms with Gasteiger partial charge in [0.2, 0.25) is 0 Å². The first-order valence-electron chi connectivity index (χ1n) is 10.3. The first kappa shape index (κ1) is 21.1. The second-order valence-corrected chi connectivity index (χ2v) is 7.95. The molecule has 2 aromatic heterocycles. The number of thiazole rings is 1. The van der Waals surface area contributed by atoms with Crippen molar-refractivity contribution in [3.8, 4) is 22.1 Å². The van der Waals surface area contributed by atoms with Crippen LogP contribution in [0.3, 0.4) is 0 Å². The van der Waals surface area contributed by atoms with E-state index in [1.165, 1.54) is 11.3 Å². The van der Waals surface area contributed by atoms with E-state index >= 15 is 0 Å². The van der Waals surface area contributed by atoms with Gasteiger partial charge in [0.1, 0.15) is 23.0 Å². The van der Waals surface area contributed by atoms with Crippen molar-refractivity contribution in [1.29, 1.82) is 0 Å². The Hall–Kier alpha value is -3.13. The van der Waals surface area contributed by atoms with Crippen LogP contribution in [0.4, 0.5) is 5.82 Å². The largest absolute Gasteiger partial charge is 0.493 e. The average molecular weight is 440 g/mol. The van der Waals surface area contributed by atoms with Gasteiger partial charge in [-0.15, -0.1) is 11.3 Å². The summed E-state index contributed by atoms with van der Waals surface area (Å²) in [7, 11) is 1.61. The third-order valence-electron chi connectivity index (χ3n) is 5.03. The lowest BCUT2D eigenvalue weighted by Crippen LogP contribution is -2.22. The van der Waals surface area contributed by atoms with Crippen molar-refractivity contribution in [2.45, 2.75) is 26.4 Å². The molecule has 1 saturated heterocycles. The van der Waals surface area contributed by atoms with Crippen molar-refractivity contribution in [2.75, 3.05) is 31.7 Å². The molecule has 4 rings (SSSR count). The molecular weight excluding hydrogens is 414 g/mol. The topological polar surface area (TPSA) is 73.8 Å². The van der Waals surface area contributed by atoms with Crippen LogP contribution in [0.1, 0.15) is 35.8 Å². The molecule has 0 saturated carbocycles. The molecule has 3 heterocycles. The van der Waals surface area contributed by atoms with Crippen molar-refractivity contribution >= 4 is 23.1 Å². The van der Waals surface area contributed by atoms with Crippen LogP contribution in [0.25, 0.3) is 10.6 Å². The highest BCUT2D eigenvalue weighted by Crippen LogP contribution is 2.34. The smallest absolute Gasteiger partial charge is 0.342 e. The van der Waals surface area contributed by atoms with Gasteiger partial charge in [-0.1, -0.05) is 0 Å². The minimum atomic E-state index is -0.382. The number of pyridine rings is 1. The van der Waals surface area contributed by atoms with E-state index in [0.717, 1.165) is 36.5 Å². The fourth-order valence-electron chi connectivity index (χ4n) is 3.54. The average Bonchev–Trinajstić information content (AvgIpc) is 3.50. The maximum Gasteiger partial charge on any atom is 0.342 e. The Kier molecular flexibility index (Phi) is 6.66. The first-order valence-corrected chi connectivity index (χ1v) is 11.2. The van der Waals surface area contributed by atoms with Gasteiger partial charge in [0.05, 0.1) is 19.4 Å². The molecular formula is C23H25N3O4S. The van der Waals surface area contributed by atoms with Gasteiger partial charge in [-0.3, -0.25) is 0 Å². The molecule has 1 fully saturated rings. The van der Waals surface area contributed by atoms with Gasteiger partial charge in [-0.2, -0.15) is 0 Å². The molecule has 1 aromatic carbocycles. The number of nitrogens with zero attached hydrogens (tertiary/aromatic N) is 3. The number of hydrogen-bond donors (Lipinski definition) is 0. The van der Waals surface area contributed by atoms with Crippen LogP contribution in [-0.4, -0.2) is 42.7 Å².